The van der Waals surface area contributed by atoms with E-state index in [4.69, 9.17) is 0 Å². The molecule has 0 unspecified atom stereocenters. The zero-order chi connectivity index (χ0) is 10.7. The Labute approximate surface area is 99.9 Å². The molecular formula is C13H16BrN. The topological polar surface area (TPSA) is 3.24 Å². The molecule has 1 saturated heterocycles. The van der Waals surface area contributed by atoms with Gasteiger partial charge in [0.05, 0.1) is 0 Å². The summed E-state index contributed by atoms with van der Waals surface area (Å²) in [5, 5.41) is 0. The van der Waals surface area contributed by atoms with Crippen LogP contribution in [-0.2, 0) is 0 Å². The molecule has 0 N–H and O–H groups in total. The summed E-state index contributed by atoms with van der Waals surface area (Å²) in [4.78, 5) is 2.41. The van der Waals surface area contributed by atoms with E-state index in [2.05, 4.69) is 58.2 Å². The van der Waals surface area contributed by atoms with E-state index in [0.717, 1.165) is 4.47 Å². The molecule has 1 aromatic carbocycles. The zero-order valence-corrected chi connectivity index (χ0v) is 10.6. The van der Waals surface area contributed by atoms with Crippen LogP contribution in [0.3, 0.4) is 0 Å². The van der Waals surface area contributed by atoms with Gasteiger partial charge in [-0.1, -0.05) is 28.1 Å². The van der Waals surface area contributed by atoms with Crippen molar-refractivity contribution >= 4 is 21.5 Å². The summed E-state index contributed by atoms with van der Waals surface area (Å²) in [5.74, 6) is 0. The Morgan fingerprint density at radius 1 is 1.33 bits per heavy atom. The molecule has 0 aliphatic carbocycles. The van der Waals surface area contributed by atoms with E-state index in [1.54, 1.807) is 0 Å². The summed E-state index contributed by atoms with van der Waals surface area (Å²) >= 11 is 3.50. The molecule has 1 aliphatic rings. The fourth-order valence-electron chi connectivity index (χ4n) is 1.95. The summed E-state index contributed by atoms with van der Waals surface area (Å²) < 4.78 is 1.15. The Kier molecular flexibility index (Phi) is 3.47. The normalized spacial score (nSPS) is 17.2. The van der Waals surface area contributed by atoms with Crippen LogP contribution in [0.1, 0.15) is 25.3 Å². The summed E-state index contributed by atoms with van der Waals surface area (Å²) in [6.45, 7) is 4.61. The van der Waals surface area contributed by atoms with Crippen LogP contribution >= 0.6 is 15.9 Å². The average Bonchev–Trinajstić information content (AvgIpc) is 2.70. The van der Waals surface area contributed by atoms with E-state index in [0.29, 0.717) is 0 Å². The number of hydrogen-bond donors (Lipinski definition) is 0. The molecule has 1 aromatic rings. The van der Waals surface area contributed by atoms with Gasteiger partial charge in [0.2, 0.25) is 0 Å². The first-order chi connectivity index (χ1) is 7.25. The highest BCUT2D eigenvalue weighted by Crippen LogP contribution is 2.20. The average molecular weight is 266 g/mol. The second-order valence-electron chi connectivity index (χ2n) is 4.07. The van der Waals surface area contributed by atoms with Crippen molar-refractivity contribution < 1.29 is 0 Å². The number of likely N-dealkylation sites (tertiary alicyclic amines) is 1. The minimum absolute atomic E-state index is 1.15. The van der Waals surface area contributed by atoms with Crippen molar-refractivity contribution in [1.82, 2.24) is 4.90 Å². The molecule has 15 heavy (non-hydrogen) atoms. The first-order valence-electron chi connectivity index (χ1n) is 5.44. The summed E-state index contributed by atoms with van der Waals surface area (Å²) in [6, 6.07) is 8.47. The number of benzene rings is 1. The molecular weight excluding hydrogens is 250 g/mol. The minimum Gasteiger partial charge on any atom is -0.377 e. The first kappa shape index (κ1) is 10.7. The third kappa shape index (κ3) is 2.85. The maximum atomic E-state index is 3.50. The number of allylic oxidation sites excluding steroid dienone is 1. The van der Waals surface area contributed by atoms with E-state index < -0.39 is 0 Å². The lowest BCUT2D eigenvalue weighted by molar-refractivity contribution is 0.469. The van der Waals surface area contributed by atoms with Crippen molar-refractivity contribution in [3.05, 3.63) is 40.5 Å². The number of rotatable bonds is 2. The summed E-state index contributed by atoms with van der Waals surface area (Å²) in [6.07, 6.45) is 4.96. The van der Waals surface area contributed by atoms with Crippen molar-refractivity contribution in [3.63, 3.8) is 0 Å². The highest BCUT2D eigenvalue weighted by molar-refractivity contribution is 9.10. The standard InChI is InChI=1S/C13H16BrN/c1-11(10-15-7-2-3-8-15)12-5-4-6-13(14)9-12/h4-6,9-10H,2-3,7-8H2,1H3/b11-10+. The molecule has 2 rings (SSSR count). The molecule has 0 atom stereocenters. The SMILES string of the molecule is C/C(=C\N1CCCC1)c1cccc(Br)c1. The Bertz CT molecular complexity index is 365. The molecule has 0 radical (unpaired) electrons. The monoisotopic (exact) mass is 265 g/mol. The second kappa shape index (κ2) is 4.84. The van der Waals surface area contributed by atoms with Crippen LogP contribution < -0.4 is 0 Å². The van der Waals surface area contributed by atoms with Gasteiger partial charge in [0.15, 0.2) is 0 Å². The molecule has 0 aromatic heterocycles. The first-order valence-corrected chi connectivity index (χ1v) is 6.23. The molecule has 1 aliphatic heterocycles. The Morgan fingerprint density at radius 3 is 2.73 bits per heavy atom. The smallest absolute Gasteiger partial charge is 0.0181 e. The maximum absolute atomic E-state index is 3.50. The lowest BCUT2D eigenvalue weighted by Gasteiger charge is -2.13. The third-order valence-corrected chi connectivity index (χ3v) is 3.29. The predicted octanol–water partition coefficient (Wildman–Crippen LogP) is 3.91. The molecule has 2 heteroatoms. The highest BCUT2D eigenvalue weighted by atomic mass is 79.9. The highest BCUT2D eigenvalue weighted by Gasteiger charge is 2.08. The minimum atomic E-state index is 1.15. The predicted molar refractivity (Wildman–Crippen MR) is 68.6 cm³/mol. The second-order valence-corrected chi connectivity index (χ2v) is 4.98. The van der Waals surface area contributed by atoms with Crippen LogP contribution in [0.15, 0.2) is 34.9 Å². The van der Waals surface area contributed by atoms with Crippen LogP contribution in [0.5, 0.6) is 0 Å². The van der Waals surface area contributed by atoms with Gasteiger partial charge in [-0.05, 0) is 43.0 Å². The van der Waals surface area contributed by atoms with Crippen molar-refractivity contribution in [2.75, 3.05) is 13.1 Å². The number of nitrogens with zero attached hydrogens (tertiary/aromatic N) is 1. The Morgan fingerprint density at radius 2 is 2.07 bits per heavy atom. The van der Waals surface area contributed by atoms with E-state index in [1.807, 2.05) is 0 Å². The third-order valence-electron chi connectivity index (χ3n) is 2.80. The van der Waals surface area contributed by atoms with Crippen molar-refractivity contribution in [2.45, 2.75) is 19.8 Å². The fraction of sp³-hybridized carbons (Fsp3) is 0.385. The van der Waals surface area contributed by atoms with E-state index in [-0.39, 0.29) is 0 Å². The molecule has 1 heterocycles. The Balaban J connectivity index is 2.15. The van der Waals surface area contributed by atoms with E-state index in [1.165, 1.54) is 37.1 Å². The molecule has 1 fully saturated rings. The van der Waals surface area contributed by atoms with Gasteiger partial charge in [-0.25, -0.2) is 0 Å². The van der Waals surface area contributed by atoms with Crippen LogP contribution in [0.25, 0.3) is 5.57 Å². The van der Waals surface area contributed by atoms with Crippen molar-refractivity contribution in [1.29, 1.82) is 0 Å². The summed E-state index contributed by atoms with van der Waals surface area (Å²) in [7, 11) is 0. The molecule has 0 saturated carbocycles. The van der Waals surface area contributed by atoms with Crippen molar-refractivity contribution in [3.8, 4) is 0 Å². The van der Waals surface area contributed by atoms with Gasteiger partial charge < -0.3 is 4.90 Å². The van der Waals surface area contributed by atoms with Crippen LogP contribution in [0.4, 0.5) is 0 Å². The van der Waals surface area contributed by atoms with Gasteiger partial charge >= 0.3 is 0 Å². The lowest BCUT2D eigenvalue weighted by Crippen LogP contribution is -2.11. The van der Waals surface area contributed by atoms with Crippen molar-refractivity contribution in [2.24, 2.45) is 0 Å². The molecule has 0 spiro atoms. The van der Waals surface area contributed by atoms with E-state index >= 15 is 0 Å². The van der Waals surface area contributed by atoms with E-state index in [9.17, 15) is 0 Å². The van der Waals surface area contributed by atoms with Crippen LogP contribution in [0, 0.1) is 0 Å². The fourth-order valence-corrected chi connectivity index (χ4v) is 2.35. The quantitative estimate of drug-likeness (QED) is 0.784. The number of halogens is 1. The van der Waals surface area contributed by atoms with Gasteiger partial charge in [-0.15, -0.1) is 0 Å². The van der Waals surface area contributed by atoms with Crippen LogP contribution in [0.2, 0.25) is 0 Å². The van der Waals surface area contributed by atoms with Gasteiger partial charge in [0, 0.05) is 23.8 Å². The molecule has 80 valence electrons. The summed E-state index contributed by atoms with van der Waals surface area (Å²) in [5.41, 5.74) is 2.65. The molecule has 0 amide bonds. The van der Waals surface area contributed by atoms with Gasteiger partial charge in [0.25, 0.3) is 0 Å². The van der Waals surface area contributed by atoms with Gasteiger partial charge in [0.1, 0.15) is 0 Å². The molecule has 1 nitrogen and oxygen atoms in total. The Hall–Kier alpha value is -0.760. The van der Waals surface area contributed by atoms with Gasteiger partial charge in [-0.2, -0.15) is 0 Å². The zero-order valence-electron chi connectivity index (χ0n) is 9.04. The maximum Gasteiger partial charge on any atom is 0.0181 e. The van der Waals surface area contributed by atoms with Crippen LogP contribution in [-0.4, -0.2) is 18.0 Å². The number of hydrogen-bond acceptors (Lipinski definition) is 1. The largest absolute Gasteiger partial charge is 0.377 e. The van der Waals surface area contributed by atoms with Gasteiger partial charge in [-0.3, -0.25) is 0 Å². The molecule has 0 bridgehead atoms. The lowest BCUT2D eigenvalue weighted by atomic mass is 10.1.